The highest BCUT2D eigenvalue weighted by molar-refractivity contribution is 7.91. The molecule has 2 N–H and O–H groups in total. The molecule has 9 heteroatoms. The van der Waals surface area contributed by atoms with Gasteiger partial charge in [-0.3, -0.25) is 0 Å². The fraction of sp³-hybridized carbons (Fsp3) is 0.200. The van der Waals surface area contributed by atoms with E-state index in [0.29, 0.717) is 0 Å². The first-order valence-corrected chi connectivity index (χ1v) is 7.45. The zero-order chi connectivity index (χ0) is 14.0. The fourth-order valence-corrected chi connectivity index (χ4v) is 3.53. The largest absolute Gasteiger partial charge is 0.374 e. The summed E-state index contributed by atoms with van der Waals surface area (Å²) in [5, 5.41) is 7.02. The number of benzene rings is 1. The van der Waals surface area contributed by atoms with Gasteiger partial charge in [-0.25, -0.2) is 12.8 Å². The molecule has 0 aliphatic rings. The Morgan fingerprint density at radius 1 is 1.37 bits per heavy atom. The van der Waals surface area contributed by atoms with Crippen LogP contribution in [-0.2, 0) is 16.6 Å². The van der Waals surface area contributed by atoms with Crippen molar-refractivity contribution in [3.05, 3.63) is 35.6 Å². The molecule has 0 unspecified atom stereocenters. The number of hydrogen-bond donors (Lipinski definition) is 1. The molecule has 0 aliphatic carbocycles. The van der Waals surface area contributed by atoms with Gasteiger partial charge >= 0.3 is 0 Å². The Labute approximate surface area is 113 Å². The Bertz CT molecular complexity index is 686. The Morgan fingerprint density at radius 2 is 2.05 bits per heavy atom. The zero-order valence-electron chi connectivity index (χ0n) is 9.95. The predicted molar refractivity (Wildman–Crippen MR) is 69.4 cm³/mol. The van der Waals surface area contributed by atoms with Crippen molar-refractivity contribution in [3.8, 4) is 0 Å². The van der Waals surface area contributed by atoms with Gasteiger partial charge in [0.25, 0.3) is 10.0 Å². The summed E-state index contributed by atoms with van der Waals surface area (Å²) >= 11 is 0.770. The van der Waals surface area contributed by atoms with Crippen LogP contribution < -0.4 is 5.73 Å². The van der Waals surface area contributed by atoms with E-state index in [4.69, 9.17) is 5.73 Å². The number of anilines is 1. The van der Waals surface area contributed by atoms with Crippen LogP contribution in [0.25, 0.3) is 0 Å². The molecule has 102 valence electrons. The molecule has 0 radical (unpaired) electrons. The van der Waals surface area contributed by atoms with Crippen LogP contribution in [-0.4, -0.2) is 30.0 Å². The summed E-state index contributed by atoms with van der Waals surface area (Å²) < 4.78 is 38.5. The van der Waals surface area contributed by atoms with Crippen LogP contribution in [0.4, 0.5) is 9.52 Å². The molecule has 1 aromatic heterocycles. The molecule has 6 nitrogen and oxygen atoms in total. The van der Waals surface area contributed by atoms with Gasteiger partial charge in [0.15, 0.2) is 0 Å². The SMILES string of the molecule is CN(Cc1ccccc1F)S(=O)(=O)c1nnc(N)s1. The molecule has 0 saturated heterocycles. The van der Waals surface area contributed by atoms with E-state index < -0.39 is 15.8 Å². The summed E-state index contributed by atoms with van der Waals surface area (Å²) in [5.41, 5.74) is 5.64. The van der Waals surface area contributed by atoms with Crippen LogP contribution in [0, 0.1) is 5.82 Å². The second kappa shape index (κ2) is 5.19. The van der Waals surface area contributed by atoms with Gasteiger partial charge in [0.05, 0.1) is 0 Å². The van der Waals surface area contributed by atoms with E-state index in [1.54, 1.807) is 12.1 Å². The van der Waals surface area contributed by atoms with E-state index in [-0.39, 0.29) is 21.6 Å². The van der Waals surface area contributed by atoms with E-state index in [1.807, 2.05) is 0 Å². The molecule has 2 rings (SSSR count). The van der Waals surface area contributed by atoms with Crippen molar-refractivity contribution in [2.24, 2.45) is 0 Å². The average molecular weight is 302 g/mol. The van der Waals surface area contributed by atoms with Crippen LogP contribution >= 0.6 is 11.3 Å². The maximum absolute atomic E-state index is 13.5. The zero-order valence-corrected chi connectivity index (χ0v) is 11.6. The number of rotatable bonds is 4. The molecule has 0 amide bonds. The summed E-state index contributed by atoms with van der Waals surface area (Å²) in [6, 6.07) is 5.98. The van der Waals surface area contributed by atoms with Gasteiger partial charge in [-0.15, -0.1) is 10.2 Å². The lowest BCUT2D eigenvalue weighted by atomic mass is 10.2. The minimum absolute atomic E-state index is 0.0675. The van der Waals surface area contributed by atoms with Gasteiger partial charge in [0, 0.05) is 19.2 Å². The summed E-state index contributed by atoms with van der Waals surface area (Å²) in [4.78, 5) is 0. The van der Waals surface area contributed by atoms with Crippen LogP contribution in [0.3, 0.4) is 0 Å². The average Bonchev–Trinajstić information content (AvgIpc) is 2.79. The third kappa shape index (κ3) is 2.88. The van der Waals surface area contributed by atoms with Crippen molar-refractivity contribution in [3.63, 3.8) is 0 Å². The van der Waals surface area contributed by atoms with Gasteiger partial charge in [0.1, 0.15) is 5.82 Å². The maximum Gasteiger partial charge on any atom is 0.272 e. The lowest BCUT2D eigenvalue weighted by Crippen LogP contribution is -2.26. The molecule has 1 aromatic carbocycles. The molecular weight excluding hydrogens is 291 g/mol. The Kier molecular flexibility index (Phi) is 3.78. The lowest BCUT2D eigenvalue weighted by molar-refractivity contribution is 0.455. The molecule has 2 aromatic rings. The molecule has 0 saturated carbocycles. The summed E-state index contributed by atoms with van der Waals surface area (Å²) in [7, 11) is -2.45. The van der Waals surface area contributed by atoms with Crippen LogP contribution in [0.1, 0.15) is 5.56 Å². The van der Waals surface area contributed by atoms with Gasteiger partial charge in [-0.2, -0.15) is 4.31 Å². The highest BCUT2D eigenvalue weighted by Crippen LogP contribution is 2.22. The number of aromatic nitrogens is 2. The lowest BCUT2D eigenvalue weighted by Gasteiger charge is -2.15. The molecule has 19 heavy (non-hydrogen) atoms. The monoisotopic (exact) mass is 302 g/mol. The first kappa shape index (κ1) is 13.8. The number of nitrogens with two attached hydrogens (primary N) is 1. The third-order valence-electron chi connectivity index (χ3n) is 2.40. The molecule has 0 aliphatic heterocycles. The minimum Gasteiger partial charge on any atom is -0.374 e. The first-order chi connectivity index (χ1) is 8.91. The second-order valence-corrected chi connectivity index (χ2v) is 6.99. The van der Waals surface area contributed by atoms with Crippen molar-refractivity contribution in [1.29, 1.82) is 0 Å². The van der Waals surface area contributed by atoms with Gasteiger partial charge in [0.2, 0.25) is 9.47 Å². The van der Waals surface area contributed by atoms with E-state index in [2.05, 4.69) is 10.2 Å². The van der Waals surface area contributed by atoms with Gasteiger partial charge < -0.3 is 5.73 Å². The molecular formula is C10H11FN4O2S2. The van der Waals surface area contributed by atoms with Crippen molar-refractivity contribution in [2.75, 3.05) is 12.8 Å². The number of hydrogen-bond acceptors (Lipinski definition) is 6. The second-order valence-electron chi connectivity index (χ2n) is 3.76. The van der Waals surface area contributed by atoms with Gasteiger partial charge in [-0.05, 0) is 6.07 Å². The molecule has 0 fully saturated rings. The quantitative estimate of drug-likeness (QED) is 0.913. The minimum atomic E-state index is -3.80. The molecule has 1 heterocycles. The Morgan fingerprint density at radius 3 is 2.63 bits per heavy atom. The van der Waals surface area contributed by atoms with E-state index in [0.717, 1.165) is 15.6 Å². The summed E-state index contributed by atoms with van der Waals surface area (Å²) in [5.74, 6) is -0.457. The van der Waals surface area contributed by atoms with E-state index >= 15 is 0 Å². The highest BCUT2D eigenvalue weighted by Gasteiger charge is 2.25. The molecule has 0 atom stereocenters. The predicted octanol–water partition coefficient (Wildman–Crippen LogP) is 1.08. The smallest absolute Gasteiger partial charge is 0.272 e. The van der Waals surface area contributed by atoms with Crippen molar-refractivity contribution in [2.45, 2.75) is 10.9 Å². The van der Waals surface area contributed by atoms with Crippen molar-refractivity contribution >= 4 is 26.5 Å². The maximum atomic E-state index is 13.5. The number of nitrogen functional groups attached to an aromatic ring is 1. The Balaban J connectivity index is 2.25. The van der Waals surface area contributed by atoms with Crippen LogP contribution in [0.15, 0.2) is 28.6 Å². The van der Waals surface area contributed by atoms with Crippen molar-refractivity contribution in [1.82, 2.24) is 14.5 Å². The number of sulfonamides is 1. The third-order valence-corrected chi connectivity index (χ3v) is 5.31. The highest BCUT2D eigenvalue weighted by atomic mass is 32.2. The van der Waals surface area contributed by atoms with E-state index in [1.165, 1.54) is 19.2 Å². The standard InChI is InChI=1S/C10H11FN4O2S2/c1-15(6-7-4-2-3-5-8(7)11)19(16,17)10-14-13-9(12)18-10/h2-5H,6H2,1H3,(H2,12,13). The van der Waals surface area contributed by atoms with Crippen molar-refractivity contribution < 1.29 is 12.8 Å². The number of nitrogens with zero attached hydrogens (tertiary/aromatic N) is 3. The Hall–Kier alpha value is -1.58. The van der Waals surface area contributed by atoms with Gasteiger partial charge in [-0.1, -0.05) is 29.5 Å². The fourth-order valence-electron chi connectivity index (χ4n) is 1.41. The molecule has 0 bridgehead atoms. The summed E-state index contributed by atoms with van der Waals surface area (Å²) in [6.45, 7) is -0.0888. The normalized spacial score (nSPS) is 11.9. The topological polar surface area (TPSA) is 89.2 Å². The number of halogens is 1. The van der Waals surface area contributed by atoms with E-state index in [9.17, 15) is 12.8 Å². The molecule has 0 spiro atoms. The first-order valence-electron chi connectivity index (χ1n) is 5.20. The summed E-state index contributed by atoms with van der Waals surface area (Å²) in [6.07, 6.45) is 0. The van der Waals surface area contributed by atoms with Crippen LogP contribution in [0.5, 0.6) is 0 Å². The van der Waals surface area contributed by atoms with Crippen LogP contribution in [0.2, 0.25) is 0 Å².